The number of non-ortho nitro benzene ring substituents is 1. The molecule has 0 radical (unpaired) electrons. The zero-order valence-electron chi connectivity index (χ0n) is 28.2. The maximum absolute atomic E-state index is 11.5. The summed E-state index contributed by atoms with van der Waals surface area (Å²) in [5.41, 5.74) is -1.06. The number of anilines is 1. The van der Waals surface area contributed by atoms with Gasteiger partial charge < -0.3 is 52.7 Å². The number of rotatable bonds is 32. The first-order valence-electron chi connectivity index (χ1n) is 15.7. The van der Waals surface area contributed by atoms with E-state index < -0.39 is 21.4 Å². The number of nitrogens with one attached hydrogen (secondary N) is 1. The Morgan fingerprint density at radius 2 is 0.979 bits per heavy atom. The molecule has 0 heterocycles. The van der Waals surface area contributed by atoms with Crippen molar-refractivity contribution in [2.75, 3.05) is 131 Å². The number of hydrogen-bond donors (Lipinski definition) is 1. The van der Waals surface area contributed by atoms with Gasteiger partial charge in [0.1, 0.15) is 17.9 Å². The van der Waals surface area contributed by atoms with Crippen LogP contribution in [0.25, 0.3) is 0 Å². The van der Waals surface area contributed by atoms with Gasteiger partial charge in [-0.3, -0.25) is 20.2 Å². The summed E-state index contributed by atoms with van der Waals surface area (Å²) in [7, 11) is 0. The fraction of sp³-hybridized carbons (Fsp3) is 0.767. The van der Waals surface area contributed by atoms with Crippen LogP contribution in [-0.4, -0.2) is 147 Å². The molecule has 48 heavy (non-hydrogen) atoms. The van der Waals surface area contributed by atoms with E-state index in [1.807, 2.05) is 0 Å². The smallest absolute Gasteiger partial charge is 0.332 e. The van der Waals surface area contributed by atoms with Crippen LogP contribution < -0.4 is 5.32 Å². The lowest BCUT2D eigenvalue weighted by Gasteiger charge is -2.19. The third kappa shape index (κ3) is 25.0. The molecule has 0 amide bonds. The zero-order valence-corrected chi connectivity index (χ0v) is 28.2. The van der Waals surface area contributed by atoms with Crippen molar-refractivity contribution in [2.45, 2.75) is 26.4 Å². The summed E-state index contributed by atoms with van der Waals surface area (Å²) in [6.07, 6.45) is 0. The highest BCUT2D eigenvalue weighted by Gasteiger charge is 2.19. The predicted octanol–water partition coefficient (Wildman–Crippen LogP) is 2.41. The van der Waals surface area contributed by atoms with Crippen molar-refractivity contribution < 1.29 is 62.0 Å². The van der Waals surface area contributed by atoms with Crippen LogP contribution in [0.3, 0.4) is 0 Å². The Kier molecular flexibility index (Phi) is 24.9. The van der Waals surface area contributed by atoms with Crippen molar-refractivity contribution in [1.82, 2.24) is 0 Å². The summed E-state index contributed by atoms with van der Waals surface area (Å²) < 4.78 is 53.7. The normalized spacial score (nSPS) is 11.5. The maximum atomic E-state index is 11.5. The molecule has 0 fully saturated rings. The quantitative estimate of drug-likeness (QED) is 0.0497. The largest absolute Gasteiger partial charge is 0.458 e. The van der Waals surface area contributed by atoms with E-state index in [0.717, 1.165) is 6.07 Å². The van der Waals surface area contributed by atoms with Crippen molar-refractivity contribution in [3.63, 3.8) is 0 Å². The van der Waals surface area contributed by atoms with Gasteiger partial charge in [0.25, 0.3) is 11.4 Å². The molecular weight excluding hydrogens is 642 g/mol. The lowest BCUT2D eigenvalue weighted by Crippen LogP contribution is -2.27. The molecule has 1 N–H and O–H groups in total. The van der Waals surface area contributed by atoms with Crippen molar-refractivity contribution in [2.24, 2.45) is 0 Å². The third-order valence-corrected chi connectivity index (χ3v) is 5.57. The molecule has 0 saturated heterocycles. The molecule has 18 nitrogen and oxygen atoms in total. The predicted molar refractivity (Wildman–Crippen MR) is 171 cm³/mol. The van der Waals surface area contributed by atoms with Gasteiger partial charge in [-0.05, 0) is 26.8 Å². The topological polar surface area (TPSA) is 208 Å². The Morgan fingerprint density at radius 1 is 0.604 bits per heavy atom. The average molecular weight is 694 g/mol. The molecule has 0 bridgehead atoms. The number of esters is 1. The fourth-order valence-corrected chi connectivity index (χ4v) is 3.48. The second kappa shape index (κ2) is 27.8. The highest BCUT2D eigenvalue weighted by atomic mass is 16.6. The zero-order chi connectivity index (χ0) is 35.3. The van der Waals surface area contributed by atoms with E-state index in [1.54, 1.807) is 20.8 Å². The maximum Gasteiger partial charge on any atom is 0.332 e. The molecule has 1 aromatic carbocycles. The van der Waals surface area contributed by atoms with Crippen molar-refractivity contribution in [1.29, 1.82) is 0 Å². The van der Waals surface area contributed by atoms with Gasteiger partial charge in [0.15, 0.2) is 0 Å². The second-order valence-corrected chi connectivity index (χ2v) is 10.7. The number of carbonyl (C=O) groups excluding carboxylic acids is 1. The summed E-state index contributed by atoms with van der Waals surface area (Å²) in [6, 6.07) is 3.42. The number of hydrogen-bond acceptors (Lipinski definition) is 16. The minimum absolute atomic E-state index is 0.0992. The van der Waals surface area contributed by atoms with Crippen molar-refractivity contribution >= 4 is 23.0 Å². The van der Waals surface area contributed by atoms with Gasteiger partial charge >= 0.3 is 5.97 Å². The van der Waals surface area contributed by atoms with Crippen LogP contribution in [-0.2, 0) is 52.2 Å². The van der Waals surface area contributed by atoms with E-state index in [0.29, 0.717) is 106 Å². The van der Waals surface area contributed by atoms with Gasteiger partial charge in [0.05, 0.1) is 128 Å². The molecule has 0 unspecified atom stereocenters. The molecule has 1 aromatic rings. The Hall–Kier alpha value is -3.07. The summed E-state index contributed by atoms with van der Waals surface area (Å²) in [4.78, 5) is 32.1. The summed E-state index contributed by atoms with van der Waals surface area (Å²) in [5, 5.41) is 24.8. The molecular formula is C30H51N3O15. The Morgan fingerprint density at radius 3 is 1.33 bits per heavy atom. The SMILES string of the molecule is CC(C)(C)OC(=O)COCCOCCOCCOCCOCCOCCOCCOCCOCCNc1ccc([N+](=O)[O-])cc1[N+](=O)[O-]. The minimum atomic E-state index is -0.685. The third-order valence-electron chi connectivity index (χ3n) is 5.57. The molecule has 0 aliphatic heterocycles. The standard InChI is InChI=1S/C30H51N3O15/c1-30(2,3)48-29(34)25-47-23-22-46-21-20-45-19-18-44-17-16-43-15-14-42-13-12-41-11-10-40-9-8-39-7-6-31-27-5-4-26(32(35)36)24-28(27)33(37)38/h4-5,24,31H,6-23,25H2,1-3H3. The van der Waals surface area contributed by atoms with Gasteiger partial charge in [-0.25, -0.2) is 4.79 Å². The number of carbonyl (C=O) groups is 1. The molecule has 0 saturated carbocycles. The lowest BCUT2D eigenvalue weighted by molar-refractivity contribution is -0.393. The summed E-state index contributed by atoms with van der Waals surface area (Å²) in [6.45, 7) is 12.4. The molecule has 0 atom stereocenters. The molecule has 276 valence electrons. The fourth-order valence-electron chi connectivity index (χ4n) is 3.48. The molecule has 0 aliphatic carbocycles. The minimum Gasteiger partial charge on any atom is -0.458 e. The van der Waals surface area contributed by atoms with Crippen LogP contribution >= 0.6 is 0 Å². The number of nitro groups is 2. The highest BCUT2D eigenvalue weighted by molar-refractivity contribution is 5.71. The lowest BCUT2D eigenvalue weighted by atomic mass is 10.2. The first kappa shape index (κ1) is 43.0. The van der Waals surface area contributed by atoms with Gasteiger partial charge in [0, 0.05) is 12.6 Å². The van der Waals surface area contributed by atoms with Crippen LogP contribution in [0.15, 0.2) is 18.2 Å². The van der Waals surface area contributed by atoms with Crippen molar-refractivity contribution in [3.8, 4) is 0 Å². The first-order chi connectivity index (χ1) is 23.1. The monoisotopic (exact) mass is 693 g/mol. The van der Waals surface area contributed by atoms with Gasteiger partial charge in [-0.15, -0.1) is 0 Å². The van der Waals surface area contributed by atoms with Crippen molar-refractivity contribution in [3.05, 3.63) is 38.4 Å². The average Bonchev–Trinajstić information content (AvgIpc) is 3.03. The van der Waals surface area contributed by atoms with E-state index in [-0.39, 0.29) is 36.8 Å². The van der Waals surface area contributed by atoms with Crippen LogP contribution in [0.4, 0.5) is 17.1 Å². The Bertz CT molecular complexity index is 1010. The van der Waals surface area contributed by atoms with Gasteiger partial charge in [-0.1, -0.05) is 0 Å². The van der Waals surface area contributed by atoms with Crippen LogP contribution in [0, 0.1) is 20.2 Å². The Balaban J connectivity index is 1.76. The second-order valence-electron chi connectivity index (χ2n) is 10.7. The van der Waals surface area contributed by atoms with Crippen LogP contribution in [0.2, 0.25) is 0 Å². The molecule has 0 aromatic heterocycles. The number of ether oxygens (including phenoxy) is 10. The van der Waals surface area contributed by atoms with Gasteiger partial charge in [-0.2, -0.15) is 0 Å². The molecule has 0 aliphatic rings. The Labute approximate surface area is 280 Å². The highest BCUT2D eigenvalue weighted by Crippen LogP contribution is 2.28. The number of nitro benzene ring substituents is 2. The molecule has 1 rings (SSSR count). The number of benzene rings is 1. The molecule has 18 heteroatoms. The first-order valence-corrected chi connectivity index (χ1v) is 15.7. The van der Waals surface area contributed by atoms with Crippen LogP contribution in [0.1, 0.15) is 20.8 Å². The molecule has 0 spiro atoms. The van der Waals surface area contributed by atoms with E-state index >= 15 is 0 Å². The van der Waals surface area contributed by atoms with Gasteiger partial charge in [0.2, 0.25) is 0 Å². The summed E-state index contributed by atoms with van der Waals surface area (Å²) in [5.74, 6) is -0.401. The van der Waals surface area contributed by atoms with E-state index in [1.165, 1.54) is 12.1 Å². The van der Waals surface area contributed by atoms with E-state index in [2.05, 4.69) is 5.32 Å². The van der Waals surface area contributed by atoms with E-state index in [4.69, 9.17) is 47.4 Å². The summed E-state index contributed by atoms with van der Waals surface area (Å²) >= 11 is 0. The number of nitrogens with zero attached hydrogens (tertiary/aromatic N) is 2. The van der Waals surface area contributed by atoms with Crippen LogP contribution in [0.5, 0.6) is 0 Å². The van der Waals surface area contributed by atoms with E-state index in [9.17, 15) is 25.0 Å².